The molecule has 1 unspecified atom stereocenters. The number of carbonyl (C=O) groups excluding carboxylic acids is 1. The van der Waals surface area contributed by atoms with Gasteiger partial charge in [0.1, 0.15) is 11.6 Å². The average molecular weight is 291 g/mol. The van der Waals surface area contributed by atoms with E-state index in [1.54, 1.807) is 6.20 Å². The summed E-state index contributed by atoms with van der Waals surface area (Å²) in [5, 5.41) is 3.06. The molecule has 0 aromatic carbocycles. The molecule has 6 nitrogen and oxygen atoms in total. The molecule has 0 aliphatic carbocycles. The number of hydrogen-bond donors (Lipinski definition) is 1. The van der Waals surface area contributed by atoms with Crippen LogP contribution >= 0.6 is 0 Å². The first kappa shape index (κ1) is 14.5. The molecule has 21 heavy (non-hydrogen) atoms. The van der Waals surface area contributed by atoms with E-state index in [4.69, 9.17) is 0 Å². The second-order valence-corrected chi connectivity index (χ2v) is 6.17. The first-order valence-corrected chi connectivity index (χ1v) is 7.93. The standard InChI is InChI=1S/C15H25N5O/c1-12(19-9-7-18(2)8-10-19)15(21)17-14-11-16-13-5-3-4-6-20(13)14/h11-12H,3-10H2,1-2H3,(H,17,21). The highest BCUT2D eigenvalue weighted by Crippen LogP contribution is 2.20. The van der Waals surface area contributed by atoms with Gasteiger partial charge in [-0.05, 0) is 26.8 Å². The Morgan fingerprint density at radius 1 is 1.24 bits per heavy atom. The fourth-order valence-corrected chi connectivity index (χ4v) is 3.12. The van der Waals surface area contributed by atoms with E-state index in [1.165, 1.54) is 12.8 Å². The molecule has 0 spiro atoms. The lowest BCUT2D eigenvalue weighted by atomic mass is 10.2. The van der Waals surface area contributed by atoms with E-state index in [0.717, 1.165) is 50.8 Å². The Balaban J connectivity index is 1.62. The monoisotopic (exact) mass is 291 g/mol. The quantitative estimate of drug-likeness (QED) is 0.895. The van der Waals surface area contributed by atoms with E-state index in [2.05, 4.69) is 31.7 Å². The zero-order valence-electron chi connectivity index (χ0n) is 13.0. The van der Waals surface area contributed by atoms with Crippen LogP contribution < -0.4 is 5.32 Å². The summed E-state index contributed by atoms with van der Waals surface area (Å²) in [4.78, 5) is 21.4. The lowest BCUT2D eigenvalue weighted by Gasteiger charge is -2.35. The maximum atomic E-state index is 12.5. The summed E-state index contributed by atoms with van der Waals surface area (Å²) in [5.74, 6) is 2.03. The topological polar surface area (TPSA) is 53.4 Å². The van der Waals surface area contributed by atoms with Gasteiger partial charge in [0, 0.05) is 39.1 Å². The summed E-state index contributed by atoms with van der Waals surface area (Å²) in [7, 11) is 2.13. The predicted octanol–water partition coefficient (Wildman–Crippen LogP) is 0.794. The lowest BCUT2D eigenvalue weighted by Crippen LogP contribution is -2.51. The zero-order valence-corrected chi connectivity index (χ0v) is 13.0. The number of amides is 1. The van der Waals surface area contributed by atoms with Crippen LogP contribution in [0.2, 0.25) is 0 Å². The molecule has 3 rings (SSSR count). The number of nitrogens with one attached hydrogen (secondary N) is 1. The van der Waals surface area contributed by atoms with E-state index in [9.17, 15) is 4.79 Å². The van der Waals surface area contributed by atoms with Gasteiger partial charge < -0.3 is 14.8 Å². The molecule has 0 radical (unpaired) electrons. The molecule has 0 bridgehead atoms. The van der Waals surface area contributed by atoms with Gasteiger partial charge in [-0.2, -0.15) is 0 Å². The summed E-state index contributed by atoms with van der Waals surface area (Å²) in [5.41, 5.74) is 0. The number of aromatic nitrogens is 2. The number of imidazole rings is 1. The minimum atomic E-state index is -0.0894. The highest BCUT2D eigenvalue weighted by molar-refractivity contribution is 5.93. The van der Waals surface area contributed by atoms with E-state index in [-0.39, 0.29) is 11.9 Å². The largest absolute Gasteiger partial charge is 0.315 e. The summed E-state index contributed by atoms with van der Waals surface area (Å²) < 4.78 is 2.15. The Morgan fingerprint density at radius 3 is 2.76 bits per heavy atom. The highest BCUT2D eigenvalue weighted by Gasteiger charge is 2.25. The predicted molar refractivity (Wildman–Crippen MR) is 82.3 cm³/mol. The average Bonchev–Trinajstić information content (AvgIpc) is 2.91. The minimum Gasteiger partial charge on any atom is -0.315 e. The Kier molecular flexibility index (Phi) is 4.26. The maximum absolute atomic E-state index is 12.5. The number of hydrogen-bond acceptors (Lipinski definition) is 4. The van der Waals surface area contributed by atoms with E-state index in [0.29, 0.717) is 0 Å². The van der Waals surface area contributed by atoms with Crippen molar-refractivity contribution in [2.75, 3.05) is 38.5 Å². The number of anilines is 1. The Morgan fingerprint density at radius 2 is 2.00 bits per heavy atom. The summed E-state index contributed by atoms with van der Waals surface area (Å²) >= 11 is 0. The first-order valence-electron chi connectivity index (χ1n) is 7.93. The Hall–Kier alpha value is -1.40. The van der Waals surface area contributed by atoms with Crippen molar-refractivity contribution in [1.82, 2.24) is 19.4 Å². The van der Waals surface area contributed by atoms with Crippen molar-refractivity contribution in [3.05, 3.63) is 12.0 Å². The second kappa shape index (κ2) is 6.15. The van der Waals surface area contributed by atoms with Gasteiger partial charge in [0.05, 0.1) is 12.2 Å². The summed E-state index contributed by atoms with van der Waals surface area (Å²) in [6.07, 6.45) is 5.18. The number of rotatable bonds is 3. The van der Waals surface area contributed by atoms with Crippen molar-refractivity contribution in [3.63, 3.8) is 0 Å². The van der Waals surface area contributed by atoms with Crippen LogP contribution in [0.4, 0.5) is 5.82 Å². The molecule has 1 aromatic heterocycles. The fourth-order valence-electron chi connectivity index (χ4n) is 3.12. The number of likely N-dealkylation sites (N-methyl/N-ethyl adjacent to an activating group) is 1. The third-order valence-corrected chi connectivity index (χ3v) is 4.69. The molecular formula is C15H25N5O. The van der Waals surface area contributed by atoms with Crippen LogP contribution in [0, 0.1) is 0 Å². The highest BCUT2D eigenvalue weighted by atomic mass is 16.2. The van der Waals surface area contributed by atoms with Crippen LogP contribution in [0.1, 0.15) is 25.6 Å². The van der Waals surface area contributed by atoms with Crippen molar-refractivity contribution in [2.45, 2.75) is 38.8 Å². The van der Waals surface area contributed by atoms with Gasteiger partial charge in [-0.3, -0.25) is 9.69 Å². The third-order valence-electron chi connectivity index (χ3n) is 4.69. The van der Waals surface area contributed by atoms with E-state index < -0.39 is 0 Å². The molecule has 0 saturated carbocycles. The summed E-state index contributed by atoms with van der Waals surface area (Å²) in [6.45, 7) is 6.92. The van der Waals surface area contributed by atoms with Gasteiger partial charge in [0.2, 0.25) is 5.91 Å². The van der Waals surface area contributed by atoms with Crippen molar-refractivity contribution in [2.24, 2.45) is 0 Å². The van der Waals surface area contributed by atoms with Crippen molar-refractivity contribution in [3.8, 4) is 0 Å². The number of nitrogens with zero attached hydrogens (tertiary/aromatic N) is 4. The van der Waals surface area contributed by atoms with E-state index in [1.807, 2.05) is 6.92 Å². The first-order chi connectivity index (χ1) is 10.1. The number of carbonyl (C=O) groups is 1. The van der Waals surface area contributed by atoms with Gasteiger partial charge in [0.15, 0.2) is 0 Å². The number of aryl methyl sites for hydroxylation is 1. The molecule has 1 N–H and O–H groups in total. The Labute approximate surface area is 126 Å². The molecule has 1 fully saturated rings. The maximum Gasteiger partial charge on any atom is 0.242 e. The van der Waals surface area contributed by atoms with Gasteiger partial charge in [-0.25, -0.2) is 4.98 Å². The van der Waals surface area contributed by atoms with Crippen LogP contribution in [-0.2, 0) is 17.8 Å². The third kappa shape index (κ3) is 3.11. The minimum absolute atomic E-state index is 0.0767. The molecular weight excluding hydrogens is 266 g/mol. The SMILES string of the molecule is CC(C(=O)Nc1cnc2n1CCCC2)N1CCN(C)CC1. The fraction of sp³-hybridized carbons (Fsp3) is 0.733. The van der Waals surface area contributed by atoms with E-state index >= 15 is 0 Å². The molecule has 1 atom stereocenters. The van der Waals surface area contributed by atoms with Gasteiger partial charge in [0.25, 0.3) is 0 Å². The van der Waals surface area contributed by atoms with Gasteiger partial charge >= 0.3 is 0 Å². The number of fused-ring (bicyclic) bond motifs is 1. The molecule has 1 saturated heterocycles. The van der Waals surface area contributed by atoms with Crippen molar-refractivity contribution >= 4 is 11.7 Å². The lowest BCUT2D eigenvalue weighted by molar-refractivity contribution is -0.121. The molecule has 3 heterocycles. The van der Waals surface area contributed by atoms with Crippen LogP contribution in [0.5, 0.6) is 0 Å². The smallest absolute Gasteiger partial charge is 0.242 e. The van der Waals surface area contributed by atoms with Gasteiger partial charge in [-0.1, -0.05) is 0 Å². The van der Waals surface area contributed by atoms with Gasteiger partial charge in [-0.15, -0.1) is 0 Å². The second-order valence-electron chi connectivity index (χ2n) is 6.17. The molecule has 2 aliphatic heterocycles. The molecule has 6 heteroatoms. The zero-order chi connectivity index (χ0) is 14.8. The molecule has 2 aliphatic rings. The molecule has 1 amide bonds. The van der Waals surface area contributed by atoms with Crippen LogP contribution in [0.15, 0.2) is 6.20 Å². The van der Waals surface area contributed by atoms with Crippen molar-refractivity contribution in [1.29, 1.82) is 0 Å². The molecule has 116 valence electrons. The number of piperazine rings is 1. The summed E-state index contributed by atoms with van der Waals surface area (Å²) in [6, 6.07) is -0.0894. The van der Waals surface area contributed by atoms with Crippen LogP contribution in [0.3, 0.4) is 0 Å². The normalized spacial score (nSPS) is 21.8. The molecule has 1 aromatic rings. The Bertz CT molecular complexity index is 504. The van der Waals surface area contributed by atoms with Crippen LogP contribution in [0.25, 0.3) is 0 Å². The van der Waals surface area contributed by atoms with Crippen LogP contribution in [-0.4, -0.2) is 64.5 Å². The van der Waals surface area contributed by atoms with Crippen molar-refractivity contribution < 1.29 is 4.79 Å².